The van der Waals surface area contributed by atoms with Gasteiger partial charge in [-0.1, -0.05) is 84.9 Å². The van der Waals surface area contributed by atoms with Crippen LogP contribution in [0.25, 0.3) is 0 Å². The van der Waals surface area contributed by atoms with Crippen LogP contribution in [-0.4, -0.2) is 0 Å². The van der Waals surface area contributed by atoms with Crippen molar-refractivity contribution in [1.29, 1.82) is 0 Å². The maximum Gasteiger partial charge on any atom is -0.00669 e. The molecule has 1 unspecified atom stereocenters. The molecule has 0 amide bonds. The molecule has 0 aliphatic rings. The first-order valence-electron chi connectivity index (χ1n) is 7.29. The minimum atomic E-state index is 0.230. The van der Waals surface area contributed by atoms with Crippen LogP contribution >= 0.6 is 0 Å². The standard InChI is InChI=1S/C19H30/c1-14(15(2)18(3,4)5)13-16-9-11-17(12-10-16)19(6,7)8/h9-12,15H,1,13H2,2-8H3. The first-order valence-corrected chi connectivity index (χ1v) is 7.29. The predicted molar refractivity (Wildman–Crippen MR) is 86.6 cm³/mol. The molecule has 0 bridgehead atoms. The van der Waals surface area contributed by atoms with E-state index in [-0.39, 0.29) is 5.41 Å². The lowest BCUT2D eigenvalue weighted by molar-refractivity contribution is 0.297. The van der Waals surface area contributed by atoms with Gasteiger partial charge in [0.2, 0.25) is 0 Å². The average Bonchev–Trinajstić information content (AvgIpc) is 2.26. The van der Waals surface area contributed by atoms with E-state index in [1.807, 2.05) is 0 Å². The number of allylic oxidation sites excluding steroid dienone is 1. The molecular formula is C19H30. The molecule has 0 saturated heterocycles. The molecule has 0 aliphatic carbocycles. The lowest BCUT2D eigenvalue weighted by atomic mass is 9.76. The second-order valence-corrected chi connectivity index (χ2v) is 7.87. The van der Waals surface area contributed by atoms with Gasteiger partial charge in [-0.2, -0.15) is 0 Å². The lowest BCUT2D eigenvalue weighted by Gasteiger charge is -2.29. The number of rotatable bonds is 3. The first-order chi connectivity index (χ1) is 8.51. The summed E-state index contributed by atoms with van der Waals surface area (Å²) >= 11 is 0. The van der Waals surface area contributed by atoms with E-state index in [0.717, 1.165) is 6.42 Å². The van der Waals surface area contributed by atoms with Gasteiger partial charge in [0.15, 0.2) is 0 Å². The molecule has 0 fully saturated rings. The average molecular weight is 258 g/mol. The maximum absolute atomic E-state index is 4.29. The third-order valence-electron chi connectivity index (χ3n) is 4.16. The van der Waals surface area contributed by atoms with Crippen molar-refractivity contribution in [1.82, 2.24) is 0 Å². The highest BCUT2D eigenvalue weighted by atomic mass is 14.3. The molecular weight excluding hydrogens is 228 g/mol. The van der Waals surface area contributed by atoms with Crippen LogP contribution in [0.15, 0.2) is 36.4 Å². The van der Waals surface area contributed by atoms with Gasteiger partial charge in [0.25, 0.3) is 0 Å². The maximum atomic E-state index is 4.29. The highest BCUT2D eigenvalue weighted by molar-refractivity contribution is 5.30. The predicted octanol–water partition coefficient (Wildman–Crippen LogP) is 5.77. The zero-order valence-electron chi connectivity index (χ0n) is 13.8. The molecule has 0 heterocycles. The molecule has 106 valence electrons. The second-order valence-electron chi connectivity index (χ2n) is 7.87. The van der Waals surface area contributed by atoms with E-state index < -0.39 is 0 Å². The van der Waals surface area contributed by atoms with E-state index in [0.29, 0.717) is 11.3 Å². The molecule has 0 spiro atoms. The van der Waals surface area contributed by atoms with Crippen LogP contribution < -0.4 is 0 Å². The van der Waals surface area contributed by atoms with Crippen LogP contribution in [0.1, 0.15) is 59.6 Å². The fourth-order valence-electron chi connectivity index (χ4n) is 2.15. The molecule has 0 nitrogen and oxygen atoms in total. The Morgan fingerprint density at radius 2 is 1.47 bits per heavy atom. The summed E-state index contributed by atoms with van der Waals surface area (Å²) in [6.07, 6.45) is 0.989. The minimum absolute atomic E-state index is 0.230. The van der Waals surface area contributed by atoms with Crippen molar-refractivity contribution in [2.45, 2.75) is 60.3 Å². The summed E-state index contributed by atoms with van der Waals surface area (Å²) < 4.78 is 0. The van der Waals surface area contributed by atoms with Crippen LogP contribution in [0.3, 0.4) is 0 Å². The van der Waals surface area contributed by atoms with Crippen molar-refractivity contribution in [3.8, 4) is 0 Å². The zero-order valence-corrected chi connectivity index (χ0v) is 13.8. The highest BCUT2D eigenvalue weighted by Gasteiger charge is 2.22. The number of benzene rings is 1. The topological polar surface area (TPSA) is 0 Å². The van der Waals surface area contributed by atoms with Crippen LogP contribution in [0, 0.1) is 11.3 Å². The van der Waals surface area contributed by atoms with E-state index in [1.54, 1.807) is 0 Å². The van der Waals surface area contributed by atoms with Crippen molar-refractivity contribution < 1.29 is 0 Å². The van der Waals surface area contributed by atoms with Gasteiger partial charge in [0, 0.05) is 0 Å². The Kier molecular flexibility index (Phi) is 4.66. The molecule has 0 N–H and O–H groups in total. The molecule has 19 heavy (non-hydrogen) atoms. The third-order valence-corrected chi connectivity index (χ3v) is 4.16. The van der Waals surface area contributed by atoms with Gasteiger partial charge in [0.05, 0.1) is 0 Å². The molecule has 0 aliphatic heterocycles. The first kappa shape index (κ1) is 16.0. The second kappa shape index (κ2) is 5.53. The molecule has 0 aromatic heterocycles. The summed E-state index contributed by atoms with van der Waals surface area (Å²) in [7, 11) is 0. The summed E-state index contributed by atoms with van der Waals surface area (Å²) in [6, 6.07) is 9.01. The van der Waals surface area contributed by atoms with Gasteiger partial charge < -0.3 is 0 Å². The summed E-state index contributed by atoms with van der Waals surface area (Å²) in [5, 5.41) is 0. The Morgan fingerprint density at radius 1 is 1.00 bits per heavy atom. The summed E-state index contributed by atoms with van der Waals surface area (Å²) in [5.41, 5.74) is 4.62. The van der Waals surface area contributed by atoms with Gasteiger partial charge in [-0.05, 0) is 34.3 Å². The Balaban J connectivity index is 2.77. The van der Waals surface area contributed by atoms with Crippen molar-refractivity contribution >= 4 is 0 Å². The summed E-state index contributed by atoms with van der Waals surface area (Å²) in [6.45, 7) is 20.2. The number of hydrogen-bond donors (Lipinski definition) is 0. The summed E-state index contributed by atoms with van der Waals surface area (Å²) in [4.78, 5) is 0. The van der Waals surface area contributed by atoms with E-state index in [4.69, 9.17) is 0 Å². The molecule has 0 heteroatoms. The van der Waals surface area contributed by atoms with Crippen molar-refractivity contribution in [2.24, 2.45) is 11.3 Å². The SMILES string of the molecule is C=C(Cc1ccc(C(C)(C)C)cc1)C(C)C(C)(C)C. The Morgan fingerprint density at radius 3 is 1.84 bits per heavy atom. The van der Waals surface area contributed by atoms with Crippen LogP contribution in [0.5, 0.6) is 0 Å². The zero-order chi connectivity index (χ0) is 14.8. The van der Waals surface area contributed by atoms with Gasteiger partial charge in [-0.15, -0.1) is 0 Å². The molecule has 1 aromatic rings. The van der Waals surface area contributed by atoms with Crippen molar-refractivity contribution in [2.75, 3.05) is 0 Å². The number of hydrogen-bond acceptors (Lipinski definition) is 0. The van der Waals surface area contributed by atoms with Crippen LogP contribution in [0.4, 0.5) is 0 Å². The van der Waals surface area contributed by atoms with E-state index >= 15 is 0 Å². The van der Waals surface area contributed by atoms with Crippen molar-refractivity contribution in [3.05, 3.63) is 47.5 Å². The van der Waals surface area contributed by atoms with Gasteiger partial charge >= 0.3 is 0 Å². The van der Waals surface area contributed by atoms with Gasteiger partial charge in [-0.25, -0.2) is 0 Å². The quantitative estimate of drug-likeness (QED) is 0.604. The van der Waals surface area contributed by atoms with E-state index in [1.165, 1.54) is 16.7 Å². The molecule has 0 radical (unpaired) electrons. The van der Waals surface area contributed by atoms with Crippen molar-refractivity contribution in [3.63, 3.8) is 0 Å². The molecule has 1 atom stereocenters. The Bertz CT molecular complexity index is 421. The van der Waals surface area contributed by atoms with E-state index in [9.17, 15) is 0 Å². The Hall–Kier alpha value is -1.04. The smallest absolute Gasteiger partial charge is 0.00669 e. The monoisotopic (exact) mass is 258 g/mol. The molecule has 1 rings (SSSR count). The van der Waals surface area contributed by atoms with E-state index in [2.05, 4.69) is 79.3 Å². The third kappa shape index (κ3) is 4.53. The molecule has 1 aromatic carbocycles. The minimum Gasteiger partial charge on any atom is -0.0992 e. The lowest BCUT2D eigenvalue weighted by Crippen LogP contribution is -2.20. The largest absolute Gasteiger partial charge is 0.0992 e. The van der Waals surface area contributed by atoms with Crippen LogP contribution in [0.2, 0.25) is 0 Å². The van der Waals surface area contributed by atoms with Crippen LogP contribution in [-0.2, 0) is 11.8 Å². The molecule has 0 saturated carbocycles. The fraction of sp³-hybridized carbons (Fsp3) is 0.579. The fourth-order valence-corrected chi connectivity index (χ4v) is 2.15. The highest BCUT2D eigenvalue weighted by Crippen LogP contribution is 2.32. The van der Waals surface area contributed by atoms with Gasteiger partial charge in [0.1, 0.15) is 0 Å². The van der Waals surface area contributed by atoms with Gasteiger partial charge in [-0.3, -0.25) is 0 Å². The normalized spacial score (nSPS) is 14.3. The summed E-state index contributed by atoms with van der Waals surface area (Å²) in [5.74, 6) is 0.537. The Labute approximate surface area is 119 Å².